The van der Waals surface area contributed by atoms with Crippen LogP contribution in [0.2, 0.25) is 0 Å². The SMILES string of the molecule is CC1CCC(C)C(O)(Cc2cccc(Br)c2)C1. The van der Waals surface area contributed by atoms with Crippen LogP contribution in [-0.2, 0) is 6.42 Å². The molecule has 0 saturated heterocycles. The van der Waals surface area contributed by atoms with E-state index in [1.807, 2.05) is 12.1 Å². The average molecular weight is 297 g/mol. The zero-order valence-corrected chi connectivity index (χ0v) is 12.2. The van der Waals surface area contributed by atoms with Crippen molar-refractivity contribution in [3.63, 3.8) is 0 Å². The molecule has 1 nitrogen and oxygen atoms in total. The molecule has 0 spiro atoms. The minimum absolute atomic E-state index is 0.401. The van der Waals surface area contributed by atoms with Gasteiger partial charge in [-0.05, 0) is 42.4 Å². The van der Waals surface area contributed by atoms with Gasteiger partial charge in [0.25, 0.3) is 0 Å². The Kier molecular flexibility index (Phi) is 3.94. The van der Waals surface area contributed by atoms with Crippen molar-refractivity contribution in [3.8, 4) is 0 Å². The Morgan fingerprint density at radius 3 is 2.82 bits per heavy atom. The summed E-state index contributed by atoms with van der Waals surface area (Å²) in [7, 11) is 0. The quantitative estimate of drug-likeness (QED) is 0.868. The molecule has 1 aromatic carbocycles. The third kappa shape index (κ3) is 3.11. The number of hydrogen-bond acceptors (Lipinski definition) is 1. The van der Waals surface area contributed by atoms with Crippen molar-refractivity contribution in [2.45, 2.75) is 45.1 Å². The molecule has 3 unspecified atom stereocenters. The Balaban J connectivity index is 2.15. The molecule has 2 heteroatoms. The summed E-state index contributed by atoms with van der Waals surface area (Å²) >= 11 is 3.49. The van der Waals surface area contributed by atoms with Gasteiger partial charge in [0, 0.05) is 10.9 Å². The fraction of sp³-hybridized carbons (Fsp3) is 0.600. The fourth-order valence-electron chi connectivity index (χ4n) is 2.96. The van der Waals surface area contributed by atoms with Gasteiger partial charge in [0.05, 0.1) is 5.60 Å². The van der Waals surface area contributed by atoms with Gasteiger partial charge in [0.15, 0.2) is 0 Å². The van der Waals surface area contributed by atoms with E-state index in [2.05, 4.69) is 41.9 Å². The maximum atomic E-state index is 10.8. The predicted molar refractivity (Wildman–Crippen MR) is 75.0 cm³/mol. The lowest BCUT2D eigenvalue weighted by Gasteiger charge is -2.41. The van der Waals surface area contributed by atoms with Crippen LogP contribution in [-0.4, -0.2) is 10.7 Å². The fourth-order valence-corrected chi connectivity index (χ4v) is 3.40. The standard InChI is InChI=1S/C15H21BrO/c1-11-6-7-12(2)15(17,9-11)10-13-4-3-5-14(16)8-13/h3-5,8,11-12,17H,6-7,9-10H2,1-2H3. The summed E-state index contributed by atoms with van der Waals surface area (Å²) in [5.74, 6) is 1.04. The van der Waals surface area contributed by atoms with Crippen LogP contribution < -0.4 is 0 Å². The van der Waals surface area contributed by atoms with Crippen molar-refractivity contribution in [1.82, 2.24) is 0 Å². The summed E-state index contributed by atoms with van der Waals surface area (Å²) in [4.78, 5) is 0. The van der Waals surface area contributed by atoms with Gasteiger partial charge in [-0.15, -0.1) is 0 Å². The van der Waals surface area contributed by atoms with Crippen LogP contribution in [0.4, 0.5) is 0 Å². The molecule has 0 amide bonds. The minimum atomic E-state index is -0.515. The smallest absolute Gasteiger partial charge is 0.0715 e. The first-order valence-electron chi connectivity index (χ1n) is 6.46. The molecule has 1 aliphatic rings. The summed E-state index contributed by atoms with van der Waals surface area (Å²) in [5, 5.41) is 10.8. The molecular formula is C15H21BrO. The van der Waals surface area contributed by atoms with Gasteiger partial charge in [-0.25, -0.2) is 0 Å². The van der Waals surface area contributed by atoms with Crippen molar-refractivity contribution >= 4 is 15.9 Å². The molecule has 1 aromatic rings. The van der Waals surface area contributed by atoms with Crippen LogP contribution in [0, 0.1) is 11.8 Å². The van der Waals surface area contributed by atoms with Crippen LogP contribution in [0.3, 0.4) is 0 Å². The highest BCUT2D eigenvalue weighted by Gasteiger charge is 2.38. The van der Waals surface area contributed by atoms with Crippen LogP contribution in [0.5, 0.6) is 0 Å². The second-order valence-electron chi connectivity index (χ2n) is 5.70. The minimum Gasteiger partial charge on any atom is -0.389 e. The van der Waals surface area contributed by atoms with E-state index in [0.29, 0.717) is 11.8 Å². The van der Waals surface area contributed by atoms with Crippen LogP contribution in [0.15, 0.2) is 28.7 Å². The molecule has 0 heterocycles. The lowest BCUT2D eigenvalue weighted by Crippen LogP contribution is -2.43. The lowest BCUT2D eigenvalue weighted by atomic mass is 9.69. The van der Waals surface area contributed by atoms with E-state index in [-0.39, 0.29) is 0 Å². The predicted octanol–water partition coefficient (Wildman–Crippen LogP) is 4.18. The van der Waals surface area contributed by atoms with Crippen molar-refractivity contribution in [2.24, 2.45) is 11.8 Å². The summed E-state index contributed by atoms with van der Waals surface area (Å²) in [5.41, 5.74) is 0.709. The molecule has 1 aliphatic carbocycles. The molecule has 0 bridgehead atoms. The molecule has 94 valence electrons. The third-order valence-corrected chi connectivity index (χ3v) is 4.60. The van der Waals surface area contributed by atoms with Gasteiger partial charge >= 0.3 is 0 Å². The van der Waals surface area contributed by atoms with Crippen LogP contribution in [0.1, 0.15) is 38.7 Å². The lowest BCUT2D eigenvalue weighted by molar-refractivity contribution is -0.0560. The van der Waals surface area contributed by atoms with Crippen LogP contribution in [0.25, 0.3) is 0 Å². The maximum Gasteiger partial charge on any atom is 0.0715 e. The van der Waals surface area contributed by atoms with Gasteiger partial charge in [0.1, 0.15) is 0 Å². The van der Waals surface area contributed by atoms with Gasteiger partial charge in [0.2, 0.25) is 0 Å². The van der Waals surface area contributed by atoms with E-state index < -0.39 is 5.60 Å². The Bertz CT molecular complexity index is 390. The van der Waals surface area contributed by atoms with Crippen molar-refractivity contribution < 1.29 is 5.11 Å². The zero-order valence-electron chi connectivity index (χ0n) is 10.6. The Hall–Kier alpha value is -0.340. The van der Waals surface area contributed by atoms with Crippen molar-refractivity contribution in [2.75, 3.05) is 0 Å². The Labute approximate surface area is 112 Å². The molecule has 1 fully saturated rings. The first-order chi connectivity index (χ1) is 7.99. The summed E-state index contributed by atoms with van der Waals surface area (Å²) < 4.78 is 1.09. The molecule has 2 rings (SSSR count). The highest BCUT2D eigenvalue weighted by Crippen LogP contribution is 2.39. The molecule has 0 aliphatic heterocycles. The molecule has 17 heavy (non-hydrogen) atoms. The van der Waals surface area contributed by atoms with E-state index in [1.54, 1.807) is 0 Å². The van der Waals surface area contributed by atoms with Crippen LogP contribution >= 0.6 is 15.9 Å². The molecule has 1 N–H and O–H groups in total. The van der Waals surface area contributed by atoms with Gasteiger partial charge < -0.3 is 5.11 Å². The largest absolute Gasteiger partial charge is 0.389 e. The highest BCUT2D eigenvalue weighted by molar-refractivity contribution is 9.10. The van der Waals surface area contributed by atoms with Crippen molar-refractivity contribution in [1.29, 1.82) is 0 Å². The van der Waals surface area contributed by atoms with Gasteiger partial charge in [-0.3, -0.25) is 0 Å². The first kappa shape index (κ1) is 13.1. The Morgan fingerprint density at radius 2 is 2.12 bits per heavy atom. The highest BCUT2D eigenvalue weighted by atomic mass is 79.9. The Morgan fingerprint density at radius 1 is 1.35 bits per heavy atom. The average Bonchev–Trinajstić information content (AvgIpc) is 2.24. The number of aliphatic hydroxyl groups is 1. The normalized spacial score (nSPS) is 33.6. The topological polar surface area (TPSA) is 20.2 Å². The van der Waals surface area contributed by atoms with E-state index in [0.717, 1.165) is 23.7 Å². The van der Waals surface area contributed by atoms with E-state index in [9.17, 15) is 5.11 Å². The van der Waals surface area contributed by atoms with Gasteiger partial charge in [-0.1, -0.05) is 48.3 Å². The summed E-state index contributed by atoms with van der Waals surface area (Å²) in [6.07, 6.45) is 4.10. The number of hydrogen-bond donors (Lipinski definition) is 1. The number of rotatable bonds is 2. The summed E-state index contributed by atoms with van der Waals surface area (Å²) in [6.45, 7) is 4.43. The molecular weight excluding hydrogens is 276 g/mol. The number of benzene rings is 1. The van der Waals surface area contributed by atoms with E-state index >= 15 is 0 Å². The van der Waals surface area contributed by atoms with Crippen molar-refractivity contribution in [3.05, 3.63) is 34.3 Å². The maximum absolute atomic E-state index is 10.8. The van der Waals surface area contributed by atoms with Gasteiger partial charge in [-0.2, -0.15) is 0 Å². The molecule has 0 aromatic heterocycles. The van der Waals surface area contributed by atoms with E-state index in [4.69, 9.17) is 0 Å². The molecule has 3 atom stereocenters. The zero-order chi connectivity index (χ0) is 12.5. The summed E-state index contributed by atoms with van der Waals surface area (Å²) in [6, 6.07) is 8.29. The second-order valence-corrected chi connectivity index (χ2v) is 6.61. The van der Waals surface area contributed by atoms with E-state index in [1.165, 1.54) is 12.0 Å². The number of halogens is 1. The first-order valence-corrected chi connectivity index (χ1v) is 7.26. The monoisotopic (exact) mass is 296 g/mol. The third-order valence-electron chi connectivity index (χ3n) is 4.11. The second kappa shape index (κ2) is 5.11. The molecule has 0 radical (unpaired) electrons. The molecule has 1 saturated carbocycles.